The standard InChI is InChI=1S/C22H21ClN4O2S2/c23-18-8-4-5-9-20(18)31(28,29)26-12-10-25(11-13-26)16-19-21(17-6-2-1-3-7-17)24-22-27(19)14-15-30-22/h1-9,14-15H,10-13,16H2. The highest BCUT2D eigenvalue weighted by molar-refractivity contribution is 7.89. The summed E-state index contributed by atoms with van der Waals surface area (Å²) >= 11 is 7.76. The van der Waals surface area contributed by atoms with Crippen molar-refractivity contribution in [1.82, 2.24) is 18.6 Å². The molecule has 9 heteroatoms. The number of nitrogens with zero attached hydrogens (tertiary/aromatic N) is 4. The molecular formula is C22H21ClN4O2S2. The predicted octanol–water partition coefficient (Wildman–Crippen LogP) is 4.22. The van der Waals surface area contributed by atoms with Gasteiger partial charge in [0, 0.05) is 49.9 Å². The first-order valence-corrected chi connectivity index (χ1v) is 12.7. The van der Waals surface area contributed by atoms with Crippen molar-refractivity contribution in [3.63, 3.8) is 0 Å². The third-order valence-electron chi connectivity index (χ3n) is 5.57. The van der Waals surface area contributed by atoms with E-state index < -0.39 is 10.0 Å². The number of fused-ring (bicyclic) bond motifs is 1. The van der Waals surface area contributed by atoms with E-state index in [4.69, 9.17) is 16.6 Å². The van der Waals surface area contributed by atoms with Gasteiger partial charge >= 0.3 is 0 Å². The summed E-state index contributed by atoms with van der Waals surface area (Å²) in [5.41, 5.74) is 3.21. The van der Waals surface area contributed by atoms with Crippen LogP contribution in [0.4, 0.5) is 0 Å². The molecule has 2 aromatic heterocycles. The number of halogens is 1. The molecule has 0 radical (unpaired) electrons. The van der Waals surface area contributed by atoms with Gasteiger partial charge in [0.25, 0.3) is 0 Å². The number of rotatable bonds is 5. The number of hydrogen-bond donors (Lipinski definition) is 0. The average Bonchev–Trinajstić information content (AvgIpc) is 3.38. The molecule has 0 spiro atoms. The lowest BCUT2D eigenvalue weighted by Gasteiger charge is -2.34. The van der Waals surface area contributed by atoms with Crippen LogP contribution < -0.4 is 0 Å². The van der Waals surface area contributed by atoms with Gasteiger partial charge in [-0.05, 0) is 12.1 Å². The number of imidazole rings is 1. The number of hydrogen-bond acceptors (Lipinski definition) is 5. The van der Waals surface area contributed by atoms with Crippen molar-refractivity contribution in [3.05, 3.63) is 76.9 Å². The van der Waals surface area contributed by atoms with Gasteiger partial charge in [0.05, 0.1) is 16.4 Å². The van der Waals surface area contributed by atoms with Crippen LogP contribution in [0.3, 0.4) is 0 Å². The maximum Gasteiger partial charge on any atom is 0.244 e. The molecule has 1 fully saturated rings. The SMILES string of the molecule is O=S(=O)(c1ccccc1Cl)N1CCN(Cc2c(-c3ccccc3)nc3sccn23)CC1. The molecule has 0 saturated carbocycles. The third-order valence-corrected chi connectivity index (χ3v) is 8.72. The molecule has 1 aliphatic heterocycles. The Morgan fingerprint density at radius 3 is 2.42 bits per heavy atom. The van der Waals surface area contributed by atoms with E-state index in [1.807, 2.05) is 29.8 Å². The zero-order valence-electron chi connectivity index (χ0n) is 16.7. The Balaban J connectivity index is 1.35. The minimum atomic E-state index is -3.60. The molecule has 1 aliphatic rings. The fourth-order valence-electron chi connectivity index (χ4n) is 3.94. The predicted molar refractivity (Wildman–Crippen MR) is 124 cm³/mol. The quantitative estimate of drug-likeness (QED) is 0.436. The molecular weight excluding hydrogens is 452 g/mol. The molecule has 0 bridgehead atoms. The second kappa shape index (κ2) is 8.37. The lowest BCUT2D eigenvalue weighted by atomic mass is 10.1. The van der Waals surface area contributed by atoms with Crippen LogP contribution in [0, 0.1) is 0 Å². The lowest BCUT2D eigenvalue weighted by molar-refractivity contribution is 0.180. The molecule has 0 aliphatic carbocycles. The highest BCUT2D eigenvalue weighted by Gasteiger charge is 2.30. The van der Waals surface area contributed by atoms with Crippen molar-refractivity contribution in [3.8, 4) is 11.3 Å². The summed E-state index contributed by atoms with van der Waals surface area (Å²) in [6, 6.07) is 16.8. The fourth-order valence-corrected chi connectivity index (χ4v) is 6.59. The number of thiazole rings is 1. The normalized spacial score (nSPS) is 16.2. The van der Waals surface area contributed by atoms with E-state index in [1.54, 1.807) is 35.6 Å². The molecule has 2 aromatic carbocycles. The van der Waals surface area contributed by atoms with Crippen molar-refractivity contribution in [2.24, 2.45) is 0 Å². The Morgan fingerprint density at radius 2 is 1.68 bits per heavy atom. The molecule has 160 valence electrons. The van der Waals surface area contributed by atoms with Gasteiger partial charge in [0.15, 0.2) is 4.96 Å². The van der Waals surface area contributed by atoms with Gasteiger partial charge in [-0.25, -0.2) is 13.4 Å². The smallest absolute Gasteiger partial charge is 0.244 e. The first-order valence-electron chi connectivity index (χ1n) is 10.0. The molecule has 31 heavy (non-hydrogen) atoms. The first kappa shape index (κ1) is 20.7. The first-order chi connectivity index (χ1) is 15.0. The van der Waals surface area contributed by atoms with Crippen molar-refractivity contribution in [2.45, 2.75) is 11.4 Å². The van der Waals surface area contributed by atoms with Gasteiger partial charge in [-0.3, -0.25) is 9.30 Å². The summed E-state index contributed by atoms with van der Waals surface area (Å²) in [5, 5.41) is 2.30. The Kier molecular flexibility index (Phi) is 5.58. The zero-order chi connectivity index (χ0) is 21.4. The topological polar surface area (TPSA) is 57.9 Å². The van der Waals surface area contributed by atoms with Crippen molar-refractivity contribution >= 4 is 37.9 Å². The molecule has 0 unspecified atom stereocenters. The summed E-state index contributed by atoms with van der Waals surface area (Å²) in [7, 11) is -3.60. The number of aromatic nitrogens is 2. The molecule has 6 nitrogen and oxygen atoms in total. The van der Waals surface area contributed by atoms with Gasteiger partial charge in [0.1, 0.15) is 4.90 Å². The third kappa shape index (κ3) is 3.90. The van der Waals surface area contributed by atoms with Crippen LogP contribution in [0.25, 0.3) is 16.2 Å². The fraction of sp³-hybridized carbons (Fsp3) is 0.227. The molecule has 0 amide bonds. The van der Waals surface area contributed by atoms with E-state index in [1.165, 1.54) is 4.31 Å². The van der Waals surface area contributed by atoms with Crippen molar-refractivity contribution in [2.75, 3.05) is 26.2 Å². The van der Waals surface area contributed by atoms with Crippen molar-refractivity contribution < 1.29 is 8.42 Å². The lowest BCUT2D eigenvalue weighted by Crippen LogP contribution is -2.48. The second-order valence-electron chi connectivity index (χ2n) is 7.44. The van der Waals surface area contributed by atoms with Gasteiger partial charge < -0.3 is 0 Å². The molecule has 0 N–H and O–H groups in total. The zero-order valence-corrected chi connectivity index (χ0v) is 19.1. The summed E-state index contributed by atoms with van der Waals surface area (Å²) in [6.07, 6.45) is 2.05. The summed E-state index contributed by atoms with van der Waals surface area (Å²) in [5.74, 6) is 0. The Hall–Kier alpha value is -2.23. The average molecular weight is 473 g/mol. The van der Waals surface area contributed by atoms with Gasteiger partial charge in [-0.2, -0.15) is 4.31 Å². The molecule has 1 saturated heterocycles. The van der Waals surface area contributed by atoms with Crippen LogP contribution in [0.5, 0.6) is 0 Å². The largest absolute Gasteiger partial charge is 0.295 e. The summed E-state index contributed by atoms with van der Waals surface area (Å²) in [6.45, 7) is 2.87. The minimum Gasteiger partial charge on any atom is -0.295 e. The summed E-state index contributed by atoms with van der Waals surface area (Å²) in [4.78, 5) is 8.27. The number of benzene rings is 2. The number of sulfonamides is 1. The van der Waals surface area contributed by atoms with Crippen LogP contribution in [0.1, 0.15) is 5.69 Å². The van der Waals surface area contributed by atoms with E-state index in [0.29, 0.717) is 32.7 Å². The minimum absolute atomic E-state index is 0.173. The Labute approximate surface area is 190 Å². The molecule has 5 rings (SSSR count). The monoisotopic (exact) mass is 472 g/mol. The van der Waals surface area contributed by atoms with Crippen LogP contribution in [0.2, 0.25) is 5.02 Å². The van der Waals surface area contributed by atoms with Crippen LogP contribution in [-0.2, 0) is 16.6 Å². The van der Waals surface area contributed by atoms with Crippen LogP contribution in [-0.4, -0.2) is 53.2 Å². The van der Waals surface area contributed by atoms with E-state index in [0.717, 1.165) is 21.9 Å². The van der Waals surface area contributed by atoms with E-state index in [-0.39, 0.29) is 9.92 Å². The van der Waals surface area contributed by atoms with Crippen LogP contribution in [0.15, 0.2) is 71.1 Å². The summed E-state index contributed by atoms with van der Waals surface area (Å²) < 4.78 is 29.7. The van der Waals surface area contributed by atoms with Gasteiger partial charge in [0.2, 0.25) is 10.0 Å². The van der Waals surface area contributed by atoms with Crippen LogP contribution >= 0.6 is 22.9 Å². The van der Waals surface area contributed by atoms with E-state index in [9.17, 15) is 8.42 Å². The molecule has 3 heterocycles. The maximum atomic E-state index is 13.0. The highest BCUT2D eigenvalue weighted by atomic mass is 35.5. The Morgan fingerprint density at radius 1 is 0.968 bits per heavy atom. The Bertz CT molecular complexity index is 1310. The van der Waals surface area contributed by atoms with E-state index in [2.05, 4.69) is 21.4 Å². The highest BCUT2D eigenvalue weighted by Crippen LogP contribution is 2.29. The second-order valence-corrected chi connectivity index (χ2v) is 10.6. The molecule has 4 aromatic rings. The van der Waals surface area contributed by atoms with E-state index >= 15 is 0 Å². The maximum absolute atomic E-state index is 13.0. The van der Waals surface area contributed by atoms with Gasteiger partial charge in [-0.15, -0.1) is 11.3 Å². The number of piperazine rings is 1. The van der Waals surface area contributed by atoms with Crippen molar-refractivity contribution in [1.29, 1.82) is 0 Å². The molecule has 0 atom stereocenters. The van der Waals surface area contributed by atoms with Gasteiger partial charge in [-0.1, -0.05) is 54.1 Å².